The van der Waals surface area contributed by atoms with Gasteiger partial charge in [-0.2, -0.15) is 8.78 Å². The van der Waals surface area contributed by atoms with Crippen LogP contribution < -0.4 is 10.6 Å². The molecule has 2 aromatic rings. The van der Waals surface area contributed by atoms with Crippen LogP contribution in [0.5, 0.6) is 0 Å². The first-order valence-electron chi connectivity index (χ1n) is 7.28. The topological polar surface area (TPSA) is 41.1 Å². The first kappa shape index (κ1) is 18.7. The third kappa shape index (κ3) is 5.78. The van der Waals surface area contributed by atoms with E-state index in [0.717, 1.165) is 5.56 Å². The summed E-state index contributed by atoms with van der Waals surface area (Å²) in [6.07, 6.45) is 0. The number of benzene rings is 2. The van der Waals surface area contributed by atoms with E-state index in [-0.39, 0.29) is 18.5 Å². The quantitative estimate of drug-likeness (QED) is 0.678. The summed E-state index contributed by atoms with van der Waals surface area (Å²) in [5.41, 5.74) is 1.38. The predicted molar refractivity (Wildman–Crippen MR) is 94.8 cm³/mol. The summed E-state index contributed by atoms with van der Waals surface area (Å²) in [7, 11) is 0. The van der Waals surface area contributed by atoms with Gasteiger partial charge in [0.25, 0.3) is 5.76 Å². The van der Waals surface area contributed by atoms with Crippen molar-refractivity contribution in [1.82, 2.24) is 5.32 Å². The van der Waals surface area contributed by atoms with E-state index in [9.17, 15) is 13.6 Å². The second-order valence-corrected chi connectivity index (χ2v) is 6.55. The van der Waals surface area contributed by atoms with Crippen LogP contribution in [-0.2, 0) is 4.79 Å². The first-order valence-corrected chi connectivity index (χ1v) is 8.54. The van der Waals surface area contributed by atoms with Gasteiger partial charge in [0.15, 0.2) is 0 Å². The lowest BCUT2D eigenvalue weighted by Gasteiger charge is -2.15. The number of carbonyl (C=O) groups excluding carboxylic acids is 1. The molecule has 2 rings (SSSR count). The van der Waals surface area contributed by atoms with Crippen LogP contribution >= 0.6 is 23.4 Å². The molecular weight excluding hydrogens is 354 g/mol. The van der Waals surface area contributed by atoms with Crippen molar-refractivity contribution in [3.63, 3.8) is 0 Å². The SMILES string of the molecule is C[C@@H](NCC(=O)Nc1ccccc1SC(F)F)c1ccc(Cl)cc1. The number of hydrogen-bond donors (Lipinski definition) is 2. The summed E-state index contributed by atoms with van der Waals surface area (Å²) in [5.74, 6) is -2.83. The zero-order chi connectivity index (χ0) is 17.5. The molecule has 3 nitrogen and oxygen atoms in total. The Labute approximate surface area is 148 Å². The van der Waals surface area contributed by atoms with Gasteiger partial charge in [0.1, 0.15) is 0 Å². The molecule has 24 heavy (non-hydrogen) atoms. The van der Waals surface area contributed by atoms with Crippen LogP contribution in [0.3, 0.4) is 0 Å². The molecule has 0 saturated carbocycles. The van der Waals surface area contributed by atoms with Gasteiger partial charge in [-0.15, -0.1) is 0 Å². The number of hydrogen-bond acceptors (Lipinski definition) is 3. The van der Waals surface area contributed by atoms with Crippen LogP contribution in [0.25, 0.3) is 0 Å². The highest BCUT2D eigenvalue weighted by Gasteiger charge is 2.12. The zero-order valence-electron chi connectivity index (χ0n) is 12.9. The minimum atomic E-state index is -2.54. The summed E-state index contributed by atoms with van der Waals surface area (Å²) < 4.78 is 25.1. The summed E-state index contributed by atoms with van der Waals surface area (Å²) in [4.78, 5) is 12.4. The number of para-hydroxylation sites is 1. The third-order valence-corrected chi connectivity index (χ3v) is 4.36. The Morgan fingerprint density at radius 2 is 1.83 bits per heavy atom. The minimum absolute atomic E-state index is 0.0429. The predicted octanol–water partition coefficient (Wildman–Crippen LogP) is 4.94. The maximum absolute atomic E-state index is 12.5. The minimum Gasteiger partial charge on any atom is -0.324 e. The Morgan fingerprint density at radius 3 is 2.50 bits per heavy atom. The normalized spacial score (nSPS) is 12.2. The van der Waals surface area contributed by atoms with Gasteiger partial charge in [-0.3, -0.25) is 4.79 Å². The molecule has 2 aromatic carbocycles. The average Bonchev–Trinajstić information content (AvgIpc) is 2.54. The highest BCUT2D eigenvalue weighted by molar-refractivity contribution is 7.99. The lowest BCUT2D eigenvalue weighted by Crippen LogP contribution is -2.30. The van der Waals surface area contributed by atoms with Crippen molar-refractivity contribution in [3.8, 4) is 0 Å². The van der Waals surface area contributed by atoms with E-state index in [4.69, 9.17) is 11.6 Å². The number of halogens is 3. The molecule has 0 aromatic heterocycles. The van der Waals surface area contributed by atoms with Gasteiger partial charge in [0.05, 0.1) is 12.2 Å². The molecule has 0 radical (unpaired) electrons. The van der Waals surface area contributed by atoms with Gasteiger partial charge in [0, 0.05) is 16.0 Å². The Balaban J connectivity index is 1.90. The van der Waals surface area contributed by atoms with Gasteiger partial charge < -0.3 is 10.6 Å². The van der Waals surface area contributed by atoms with Crippen molar-refractivity contribution in [2.75, 3.05) is 11.9 Å². The number of thioether (sulfide) groups is 1. The Kier molecular flexibility index (Phi) is 7.02. The molecule has 0 aliphatic heterocycles. The Bertz CT molecular complexity index is 683. The standard InChI is InChI=1S/C17H17ClF2N2OS/c1-11(12-6-8-13(18)9-7-12)21-10-16(23)22-14-4-2-3-5-15(14)24-17(19)20/h2-9,11,17,21H,10H2,1H3,(H,22,23)/t11-/m1/s1. The molecular formula is C17H17ClF2N2OS. The molecule has 0 spiro atoms. The number of rotatable bonds is 7. The molecule has 2 N–H and O–H groups in total. The number of carbonyl (C=O) groups is 1. The number of alkyl halides is 2. The summed E-state index contributed by atoms with van der Waals surface area (Å²) in [6, 6.07) is 13.8. The van der Waals surface area contributed by atoms with Gasteiger partial charge in [-0.1, -0.05) is 47.6 Å². The fourth-order valence-corrected chi connectivity index (χ4v) is 2.80. The Morgan fingerprint density at radius 1 is 1.17 bits per heavy atom. The maximum atomic E-state index is 12.5. The molecule has 0 unspecified atom stereocenters. The van der Waals surface area contributed by atoms with Crippen molar-refractivity contribution < 1.29 is 13.6 Å². The summed E-state index contributed by atoms with van der Waals surface area (Å²) >= 11 is 6.25. The van der Waals surface area contributed by atoms with E-state index in [1.165, 1.54) is 0 Å². The van der Waals surface area contributed by atoms with Gasteiger partial charge in [-0.25, -0.2) is 0 Å². The van der Waals surface area contributed by atoms with Crippen molar-refractivity contribution in [2.45, 2.75) is 23.6 Å². The number of amides is 1. The van der Waals surface area contributed by atoms with Crippen molar-refractivity contribution in [3.05, 3.63) is 59.1 Å². The fraction of sp³-hybridized carbons (Fsp3) is 0.235. The molecule has 0 aliphatic carbocycles. The van der Waals surface area contributed by atoms with E-state index in [1.807, 2.05) is 19.1 Å². The van der Waals surface area contributed by atoms with Crippen LogP contribution in [0.4, 0.5) is 14.5 Å². The van der Waals surface area contributed by atoms with E-state index >= 15 is 0 Å². The number of anilines is 1. The first-order chi connectivity index (χ1) is 11.5. The lowest BCUT2D eigenvalue weighted by molar-refractivity contribution is -0.115. The van der Waals surface area contributed by atoms with E-state index in [2.05, 4.69) is 10.6 Å². The molecule has 1 amide bonds. The average molecular weight is 371 g/mol. The lowest BCUT2D eigenvalue weighted by atomic mass is 10.1. The van der Waals surface area contributed by atoms with E-state index in [1.54, 1.807) is 36.4 Å². The molecule has 7 heteroatoms. The molecule has 0 aliphatic rings. The molecule has 0 bridgehead atoms. The Hall–Kier alpha value is -1.63. The number of nitrogens with one attached hydrogen (secondary N) is 2. The zero-order valence-corrected chi connectivity index (χ0v) is 14.5. The van der Waals surface area contributed by atoms with Crippen molar-refractivity contribution in [1.29, 1.82) is 0 Å². The van der Waals surface area contributed by atoms with Crippen LogP contribution in [0.2, 0.25) is 5.02 Å². The fourth-order valence-electron chi connectivity index (χ4n) is 2.08. The van der Waals surface area contributed by atoms with Gasteiger partial charge >= 0.3 is 0 Å². The third-order valence-electron chi connectivity index (χ3n) is 3.32. The van der Waals surface area contributed by atoms with E-state index in [0.29, 0.717) is 27.4 Å². The molecule has 1 atom stereocenters. The van der Waals surface area contributed by atoms with Gasteiger partial charge in [0.2, 0.25) is 5.91 Å². The second-order valence-electron chi connectivity index (χ2n) is 5.08. The van der Waals surface area contributed by atoms with E-state index < -0.39 is 5.76 Å². The summed E-state index contributed by atoms with van der Waals surface area (Å²) in [6.45, 7) is 1.99. The molecule has 0 heterocycles. The highest BCUT2D eigenvalue weighted by Crippen LogP contribution is 2.31. The molecule has 128 valence electrons. The highest BCUT2D eigenvalue weighted by atomic mass is 35.5. The second kappa shape index (κ2) is 9.01. The monoisotopic (exact) mass is 370 g/mol. The van der Waals surface area contributed by atoms with Crippen molar-refractivity contribution in [2.24, 2.45) is 0 Å². The van der Waals surface area contributed by atoms with Crippen LogP contribution in [-0.4, -0.2) is 18.2 Å². The van der Waals surface area contributed by atoms with Crippen LogP contribution in [0, 0.1) is 0 Å². The summed E-state index contributed by atoms with van der Waals surface area (Å²) in [5, 5.41) is 6.39. The smallest absolute Gasteiger partial charge is 0.288 e. The maximum Gasteiger partial charge on any atom is 0.288 e. The van der Waals surface area contributed by atoms with Gasteiger partial charge in [-0.05, 0) is 36.8 Å². The molecule has 0 saturated heterocycles. The largest absolute Gasteiger partial charge is 0.324 e. The van der Waals surface area contributed by atoms with Crippen molar-refractivity contribution >= 4 is 35.0 Å². The molecule has 0 fully saturated rings. The van der Waals surface area contributed by atoms with Crippen LogP contribution in [0.15, 0.2) is 53.4 Å². The van der Waals surface area contributed by atoms with Crippen LogP contribution in [0.1, 0.15) is 18.5 Å².